The molecule has 0 aromatic heterocycles. The van der Waals surface area contributed by atoms with Crippen LogP contribution in [0.15, 0.2) is 105 Å². The Morgan fingerprint density at radius 1 is 0.925 bits per heavy atom. The fourth-order valence-corrected chi connectivity index (χ4v) is 7.04. The highest BCUT2D eigenvalue weighted by Crippen LogP contribution is 2.49. The van der Waals surface area contributed by atoms with Crippen LogP contribution in [0.3, 0.4) is 0 Å². The molecule has 7 heteroatoms. The van der Waals surface area contributed by atoms with Crippen LogP contribution < -0.4 is 10.1 Å². The van der Waals surface area contributed by atoms with Crippen molar-refractivity contribution in [3.63, 3.8) is 0 Å². The minimum atomic E-state index is -0.616. The first-order chi connectivity index (χ1) is 19.4. The summed E-state index contributed by atoms with van der Waals surface area (Å²) in [7, 11) is 0. The van der Waals surface area contributed by atoms with Crippen LogP contribution in [0.4, 0.5) is 0 Å². The first kappa shape index (κ1) is 26.5. The summed E-state index contributed by atoms with van der Waals surface area (Å²) in [5.74, 6) is -0.522. The van der Waals surface area contributed by atoms with Crippen molar-refractivity contribution in [2.45, 2.75) is 26.4 Å². The van der Waals surface area contributed by atoms with Crippen molar-refractivity contribution in [1.29, 1.82) is 0 Å². The molecule has 0 radical (unpaired) electrons. The molecule has 40 heavy (non-hydrogen) atoms. The Balaban J connectivity index is 1.41. The lowest BCUT2D eigenvalue weighted by molar-refractivity contribution is -0.138. The first-order valence-electron chi connectivity index (χ1n) is 13.0. The fourth-order valence-electron chi connectivity index (χ4n) is 5.59. The summed E-state index contributed by atoms with van der Waals surface area (Å²) in [4.78, 5) is 27.0. The van der Waals surface area contributed by atoms with Gasteiger partial charge in [0.05, 0.1) is 26.8 Å². The second kappa shape index (κ2) is 10.7. The molecule has 4 aromatic rings. The van der Waals surface area contributed by atoms with Crippen molar-refractivity contribution in [3.05, 3.63) is 127 Å². The SMILES string of the molecule is CCOC(=O)C1=C(C)NC2=C(C(=O)c3ccccc32)[C@H]1c1cc(Br)c(OCc2cccc3ccccc23)c(Br)c1. The maximum Gasteiger partial charge on any atom is 0.336 e. The van der Waals surface area contributed by atoms with E-state index in [9.17, 15) is 9.59 Å². The van der Waals surface area contributed by atoms with Crippen LogP contribution in [0, 0.1) is 0 Å². The van der Waals surface area contributed by atoms with E-state index in [1.54, 1.807) is 6.92 Å². The maximum absolute atomic E-state index is 13.7. The molecular weight excluding hydrogens is 634 g/mol. The number of carbonyl (C=O) groups is 2. The highest BCUT2D eigenvalue weighted by molar-refractivity contribution is 9.11. The number of halogens is 2. The molecule has 0 saturated heterocycles. The number of hydrogen-bond acceptors (Lipinski definition) is 5. The monoisotopic (exact) mass is 657 g/mol. The summed E-state index contributed by atoms with van der Waals surface area (Å²) >= 11 is 7.41. The molecule has 6 rings (SSSR count). The van der Waals surface area contributed by atoms with Gasteiger partial charge in [-0.05, 0) is 79.7 Å². The van der Waals surface area contributed by atoms with Gasteiger partial charge in [-0.25, -0.2) is 4.79 Å². The van der Waals surface area contributed by atoms with Gasteiger partial charge < -0.3 is 14.8 Å². The van der Waals surface area contributed by atoms with Crippen LogP contribution in [-0.4, -0.2) is 18.4 Å². The van der Waals surface area contributed by atoms with E-state index in [1.165, 1.54) is 0 Å². The summed E-state index contributed by atoms with van der Waals surface area (Å²) in [6.45, 7) is 4.23. The Morgan fingerprint density at radius 3 is 2.35 bits per heavy atom. The van der Waals surface area contributed by atoms with E-state index in [2.05, 4.69) is 61.4 Å². The van der Waals surface area contributed by atoms with Gasteiger partial charge in [0.2, 0.25) is 0 Å². The van der Waals surface area contributed by atoms with Crippen molar-refractivity contribution in [1.82, 2.24) is 5.32 Å². The summed E-state index contributed by atoms with van der Waals surface area (Å²) in [6.07, 6.45) is 0. The average Bonchev–Trinajstić information content (AvgIpc) is 3.23. The van der Waals surface area contributed by atoms with E-state index in [1.807, 2.05) is 61.5 Å². The van der Waals surface area contributed by atoms with Crippen molar-refractivity contribution >= 4 is 60.1 Å². The van der Waals surface area contributed by atoms with Gasteiger partial charge in [-0.3, -0.25) is 4.79 Å². The van der Waals surface area contributed by atoms with Crippen molar-refractivity contribution < 1.29 is 19.1 Å². The third-order valence-corrected chi connectivity index (χ3v) is 8.53. The lowest BCUT2D eigenvalue weighted by Crippen LogP contribution is -2.29. The highest BCUT2D eigenvalue weighted by Gasteiger charge is 2.43. The Labute approximate surface area is 249 Å². The molecule has 4 aromatic carbocycles. The minimum absolute atomic E-state index is 0.0964. The van der Waals surface area contributed by atoms with Gasteiger partial charge in [0.1, 0.15) is 12.4 Å². The van der Waals surface area contributed by atoms with Crippen LogP contribution in [0.1, 0.15) is 46.8 Å². The maximum atomic E-state index is 13.7. The summed E-state index contributed by atoms with van der Waals surface area (Å²) < 4.78 is 13.2. The van der Waals surface area contributed by atoms with Crippen LogP contribution in [-0.2, 0) is 16.1 Å². The molecule has 1 aliphatic carbocycles. The van der Waals surface area contributed by atoms with Crippen LogP contribution in [0.25, 0.3) is 16.5 Å². The number of allylic oxidation sites excluding steroid dienone is 2. The zero-order valence-electron chi connectivity index (χ0n) is 21.9. The van der Waals surface area contributed by atoms with Gasteiger partial charge in [0.15, 0.2) is 5.78 Å². The van der Waals surface area contributed by atoms with Gasteiger partial charge in [-0.2, -0.15) is 0 Å². The Kier molecular flexibility index (Phi) is 7.11. The van der Waals surface area contributed by atoms with Crippen molar-refractivity contribution in [3.8, 4) is 5.75 Å². The van der Waals surface area contributed by atoms with Crippen molar-refractivity contribution in [2.24, 2.45) is 0 Å². The van der Waals surface area contributed by atoms with Crippen LogP contribution in [0.2, 0.25) is 0 Å². The molecule has 0 spiro atoms. The molecule has 5 nitrogen and oxygen atoms in total. The number of fused-ring (bicyclic) bond motifs is 3. The molecule has 0 saturated carbocycles. The molecule has 0 fully saturated rings. The smallest absolute Gasteiger partial charge is 0.336 e. The third kappa shape index (κ3) is 4.47. The van der Waals surface area contributed by atoms with E-state index in [0.29, 0.717) is 43.7 Å². The molecule has 1 atom stereocenters. The number of rotatable bonds is 6. The number of dihydropyridines is 1. The van der Waals surface area contributed by atoms with Gasteiger partial charge in [-0.15, -0.1) is 0 Å². The van der Waals surface area contributed by atoms with Gasteiger partial charge >= 0.3 is 5.97 Å². The zero-order chi connectivity index (χ0) is 28.0. The quantitative estimate of drug-likeness (QED) is 0.212. The fraction of sp³-hybridized carbons (Fsp3) is 0.152. The normalized spacial score (nSPS) is 16.1. The van der Waals surface area contributed by atoms with E-state index in [-0.39, 0.29) is 12.4 Å². The molecule has 1 aliphatic heterocycles. The molecule has 0 unspecified atom stereocenters. The lowest BCUT2D eigenvalue weighted by Gasteiger charge is -2.29. The van der Waals surface area contributed by atoms with E-state index >= 15 is 0 Å². The number of ketones is 1. The topological polar surface area (TPSA) is 64.6 Å². The van der Waals surface area contributed by atoms with Crippen LogP contribution in [0.5, 0.6) is 5.75 Å². The van der Waals surface area contributed by atoms with Gasteiger partial charge in [-0.1, -0.05) is 66.7 Å². The average molecular weight is 659 g/mol. The standard InChI is InChI=1S/C33H25Br2NO4/c1-3-39-33(38)27-18(2)36-30-23-13-6-7-14-24(23)31(37)29(30)28(27)21-15-25(34)32(26(35)16-21)40-17-20-11-8-10-19-9-4-5-12-22(19)20/h4-16,28,36H,3,17H2,1-2H3/t28-/m0/s1. The number of Topliss-reactive ketones (excluding diaryl/α,β-unsaturated/α-hetero) is 1. The first-order valence-corrected chi connectivity index (χ1v) is 14.6. The second-order valence-electron chi connectivity index (χ2n) is 9.72. The van der Waals surface area contributed by atoms with Gasteiger partial charge in [0, 0.05) is 28.3 Å². The summed E-state index contributed by atoms with van der Waals surface area (Å²) in [6, 6.07) is 25.8. The van der Waals surface area contributed by atoms with Crippen LogP contribution >= 0.6 is 31.9 Å². The van der Waals surface area contributed by atoms with Crippen molar-refractivity contribution in [2.75, 3.05) is 6.61 Å². The highest BCUT2D eigenvalue weighted by atomic mass is 79.9. The third-order valence-electron chi connectivity index (χ3n) is 7.35. The van der Waals surface area contributed by atoms with E-state index < -0.39 is 11.9 Å². The Hall–Kier alpha value is -3.68. The summed E-state index contributed by atoms with van der Waals surface area (Å²) in [5, 5.41) is 5.63. The second-order valence-corrected chi connectivity index (χ2v) is 11.4. The zero-order valence-corrected chi connectivity index (χ0v) is 25.1. The molecular formula is C33H25Br2NO4. The molecule has 0 amide bonds. The summed E-state index contributed by atoms with van der Waals surface area (Å²) in [5.41, 5.74) is 5.66. The predicted octanol–water partition coefficient (Wildman–Crippen LogP) is 8.08. The molecule has 0 bridgehead atoms. The number of carbonyl (C=O) groups excluding carboxylic acids is 2. The lowest BCUT2D eigenvalue weighted by atomic mass is 9.80. The number of nitrogens with one attached hydrogen (secondary N) is 1. The number of ether oxygens (including phenoxy) is 2. The van der Waals surface area contributed by atoms with Gasteiger partial charge in [0.25, 0.3) is 0 Å². The Bertz CT molecular complexity index is 1740. The minimum Gasteiger partial charge on any atom is -0.487 e. The predicted molar refractivity (Wildman–Crippen MR) is 163 cm³/mol. The van der Waals surface area contributed by atoms with E-state index in [4.69, 9.17) is 9.47 Å². The molecule has 1 N–H and O–H groups in total. The number of benzene rings is 4. The number of hydrogen-bond donors (Lipinski definition) is 1. The number of esters is 1. The molecule has 2 aliphatic rings. The molecule has 200 valence electrons. The van der Waals surface area contributed by atoms with E-state index in [0.717, 1.165) is 33.2 Å². The Morgan fingerprint density at radius 2 is 1.60 bits per heavy atom. The largest absolute Gasteiger partial charge is 0.487 e. The molecule has 1 heterocycles.